The number of rotatable bonds is 10. The zero-order valence-electron chi connectivity index (χ0n) is 29.4. The second kappa shape index (κ2) is 16.5. The lowest BCUT2D eigenvalue weighted by Crippen LogP contribution is -2.49. The second-order valence-electron chi connectivity index (χ2n) is 15.2. The first-order valence-electron chi connectivity index (χ1n) is 18.2. The first kappa shape index (κ1) is 36.7. The summed E-state index contributed by atoms with van der Waals surface area (Å²) in [5.41, 5.74) is 0.760. The number of benzene rings is 1. The van der Waals surface area contributed by atoms with E-state index in [1.165, 1.54) is 82.7 Å². The maximum atomic E-state index is 14.4. The normalized spacial score (nSPS) is 22.3. The van der Waals surface area contributed by atoms with Gasteiger partial charge in [0.05, 0.1) is 11.8 Å². The molecule has 9 nitrogen and oxygen atoms in total. The maximum Gasteiger partial charge on any atom is 0.258 e. The third-order valence-corrected chi connectivity index (χ3v) is 11.3. The van der Waals surface area contributed by atoms with Crippen LogP contribution in [0, 0.1) is 17.2 Å². The molecule has 6 rings (SSSR count). The summed E-state index contributed by atoms with van der Waals surface area (Å²) in [6.07, 6.45) is 14.9. The van der Waals surface area contributed by atoms with E-state index in [1.807, 2.05) is 27.7 Å². The van der Waals surface area contributed by atoms with Crippen molar-refractivity contribution in [1.82, 2.24) is 30.4 Å². The Kier molecular flexibility index (Phi) is 12.6. The molecule has 0 radical (unpaired) electrons. The van der Waals surface area contributed by atoms with Crippen molar-refractivity contribution in [2.75, 3.05) is 50.7 Å². The van der Waals surface area contributed by atoms with Crippen molar-refractivity contribution in [3.05, 3.63) is 42.1 Å². The number of carbonyl (C=O) groups is 1. The lowest BCUT2D eigenvalue weighted by atomic mass is 9.67. The van der Waals surface area contributed by atoms with Gasteiger partial charge in [-0.15, -0.1) is 12.4 Å². The van der Waals surface area contributed by atoms with Gasteiger partial charge >= 0.3 is 0 Å². The molecular formula is C37H57ClFN7O2. The van der Waals surface area contributed by atoms with Crippen LogP contribution in [0.1, 0.15) is 95.8 Å². The molecule has 48 heavy (non-hydrogen) atoms. The van der Waals surface area contributed by atoms with Gasteiger partial charge in [-0.3, -0.25) is 4.79 Å². The van der Waals surface area contributed by atoms with Crippen LogP contribution in [0.4, 0.5) is 10.2 Å². The highest BCUT2D eigenvalue weighted by molar-refractivity contribution is 5.97. The molecule has 1 spiro atoms. The van der Waals surface area contributed by atoms with Gasteiger partial charge in [-0.05, 0) is 141 Å². The van der Waals surface area contributed by atoms with E-state index in [0.29, 0.717) is 34.9 Å². The highest BCUT2D eigenvalue weighted by Gasteiger charge is 2.39. The summed E-state index contributed by atoms with van der Waals surface area (Å²) >= 11 is 0. The molecule has 1 amide bonds. The summed E-state index contributed by atoms with van der Waals surface area (Å²) in [6, 6.07) is 5.48. The molecule has 2 aromatic rings. The van der Waals surface area contributed by atoms with Crippen molar-refractivity contribution < 1.29 is 13.9 Å². The number of anilines is 1. The van der Waals surface area contributed by atoms with Gasteiger partial charge in [-0.2, -0.15) is 0 Å². The molecule has 1 atom stereocenters. The van der Waals surface area contributed by atoms with E-state index in [0.717, 1.165) is 45.0 Å². The summed E-state index contributed by atoms with van der Waals surface area (Å²) < 4.78 is 20.7. The van der Waals surface area contributed by atoms with Crippen LogP contribution in [0.5, 0.6) is 11.5 Å². The standard InChI is InChI=1S/C37H56FN7O2.ClH/c1-26(2)45(27(3)4)36(46)32-21-29(38)5-6-33(32)47-34-22-40-25-41-35(34)44-18-11-28(24-44)23-43-19-14-37(15-20-43)12-7-30(8-13-37)42-31-9-16-39-17-10-31;/h5-6,21-22,25-28,30-31,39,42H,7-20,23-24H2,1-4H3;1H/t28-;/m0./s1. The number of halogens is 2. The van der Waals surface area contributed by atoms with Gasteiger partial charge in [0, 0.05) is 43.8 Å². The van der Waals surface area contributed by atoms with Crippen molar-refractivity contribution in [2.24, 2.45) is 11.3 Å². The summed E-state index contributed by atoms with van der Waals surface area (Å²) in [4.78, 5) is 29.2. The molecule has 1 saturated carbocycles. The number of likely N-dealkylation sites (tertiary alicyclic amines) is 1. The highest BCUT2D eigenvalue weighted by atomic mass is 35.5. The van der Waals surface area contributed by atoms with Crippen molar-refractivity contribution >= 4 is 24.1 Å². The second-order valence-corrected chi connectivity index (χ2v) is 15.2. The number of carbonyl (C=O) groups excluding carboxylic acids is 1. The maximum absolute atomic E-state index is 14.4. The first-order valence-corrected chi connectivity index (χ1v) is 18.2. The Morgan fingerprint density at radius 1 is 1.00 bits per heavy atom. The van der Waals surface area contributed by atoms with Crippen LogP contribution in [0.2, 0.25) is 0 Å². The van der Waals surface area contributed by atoms with Crippen LogP contribution in [-0.2, 0) is 0 Å². The Morgan fingerprint density at radius 2 is 1.69 bits per heavy atom. The lowest BCUT2D eigenvalue weighted by Gasteiger charge is -2.47. The molecule has 0 unspecified atom stereocenters. The fourth-order valence-corrected chi connectivity index (χ4v) is 8.67. The van der Waals surface area contributed by atoms with Gasteiger partial charge in [0.2, 0.25) is 0 Å². The molecule has 3 aliphatic heterocycles. The summed E-state index contributed by atoms with van der Waals surface area (Å²) in [7, 11) is 0. The fraction of sp³-hybridized carbons (Fsp3) is 0.703. The van der Waals surface area contributed by atoms with Crippen molar-refractivity contribution in [3.63, 3.8) is 0 Å². The number of hydrogen-bond acceptors (Lipinski definition) is 8. The number of nitrogens with one attached hydrogen (secondary N) is 2. The molecule has 1 aromatic carbocycles. The van der Waals surface area contributed by atoms with Gasteiger partial charge in [0.25, 0.3) is 5.91 Å². The minimum atomic E-state index is -0.471. The SMILES string of the molecule is CC(C)N(C(=O)c1cc(F)ccc1Oc1cncnc1N1CC[C@@H](CN2CCC3(CCC(NC4CCNCC4)CC3)CC2)C1)C(C)C.Cl. The average Bonchev–Trinajstić information content (AvgIpc) is 3.53. The highest BCUT2D eigenvalue weighted by Crippen LogP contribution is 2.45. The number of ether oxygens (including phenoxy) is 1. The molecule has 1 aliphatic carbocycles. The van der Waals surface area contributed by atoms with Crippen molar-refractivity contribution in [1.29, 1.82) is 0 Å². The Balaban J connectivity index is 0.00000451. The monoisotopic (exact) mass is 685 g/mol. The number of hydrogen-bond donors (Lipinski definition) is 2. The van der Waals surface area contributed by atoms with Crippen molar-refractivity contribution in [3.8, 4) is 11.5 Å². The Bertz CT molecular complexity index is 1330. The molecule has 11 heteroatoms. The van der Waals surface area contributed by atoms with E-state index in [4.69, 9.17) is 4.74 Å². The molecule has 2 N–H and O–H groups in total. The molecule has 266 valence electrons. The third-order valence-electron chi connectivity index (χ3n) is 11.3. The van der Waals surface area contributed by atoms with Gasteiger partial charge in [0.15, 0.2) is 11.6 Å². The number of amides is 1. The van der Waals surface area contributed by atoms with E-state index < -0.39 is 5.82 Å². The molecule has 1 aromatic heterocycles. The van der Waals surface area contributed by atoms with Gasteiger partial charge in [-0.25, -0.2) is 14.4 Å². The smallest absolute Gasteiger partial charge is 0.258 e. The predicted octanol–water partition coefficient (Wildman–Crippen LogP) is 6.28. The summed E-state index contributed by atoms with van der Waals surface area (Å²) in [5.74, 6) is 1.36. The number of piperidine rings is 2. The van der Waals surface area contributed by atoms with E-state index in [2.05, 4.69) is 30.4 Å². The topological polar surface area (TPSA) is 85.9 Å². The van der Waals surface area contributed by atoms with Gasteiger partial charge < -0.3 is 30.1 Å². The van der Waals surface area contributed by atoms with Crippen LogP contribution in [-0.4, -0.2) is 95.7 Å². The molecule has 4 fully saturated rings. The van der Waals surface area contributed by atoms with Gasteiger partial charge in [-0.1, -0.05) is 0 Å². The zero-order chi connectivity index (χ0) is 33.0. The minimum Gasteiger partial charge on any atom is -0.451 e. The summed E-state index contributed by atoms with van der Waals surface area (Å²) in [5, 5.41) is 7.47. The van der Waals surface area contributed by atoms with E-state index in [9.17, 15) is 9.18 Å². The van der Waals surface area contributed by atoms with E-state index in [-0.39, 0.29) is 36.0 Å². The quantitative estimate of drug-likeness (QED) is 0.302. The molecule has 4 heterocycles. The van der Waals surface area contributed by atoms with Crippen LogP contribution in [0.3, 0.4) is 0 Å². The van der Waals surface area contributed by atoms with E-state index in [1.54, 1.807) is 17.4 Å². The largest absolute Gasteiger partial charge is 0.451 e. The molecule has 4 aliphatic rings. The molecule has 0 bridgehead atoms. The fourth-order valence-electron chi connectivity index (χ4n) is 8.67. The molecular weight excluding hydrogens is 629 g/mol. The number of aromatic nitrogens is 2. The van der Waals surface area contributed by atoms with Crippen LogP contribution in [0.15, 0.2) is 30.7 Å². The average molecular weight is 686 g/mol. The predicted molar refractivity (Wildman–Crippen MR) is 192 cm³/mol. The third kappa shape index (κ3) is 8.79. The van der Waals surface area contributed by atoms with E-state index >= 15 is 0 Å². The Morgan fingerprint density at radius 3 is 2.38 bits per heavy atom. The Hall–Kier alpha value is -2.53. The van der Waals surface area contributed by atoms with Crippen LogP contribution >= 0.6 is 12.4 Å². The van der Waals surface area contributed by atoms with Crippen molar-refractivity contribution in [2.45, 2.75) is 110 Å². The summed E-state index contributed by atoms with van der Waals surface area (Å²) in [6.45, 7) is 15.5. The van der Waals surface area contributed by atoms with Crippen LogP contribution < -0.4 is 20.3 Å². The molecule has 3 saturated heterocycles. The zero-order valence-corrected chi connectivity index (χ0v) is 30.2. The first-order chi connectivity index (χ1) is 22.7. The lowest BCUT2D eigenvalue weighted by molar-refractivity contribution is 0.0508. The van der Waals surface area contributed by atoms with Gasteiger partial charge in [0.1, 0.15) is 17.9 Å². The minimum absolute atomic E-state index is 0. The Labute approximate surface area is 293 Å². The number of nitrogens with zero attached hydrogens (tertiary/aromatic N) is 5. The van der Waals surface area contributed by atoms with Crippen LogP contribution in [0.25, 0.3) is 0 Å².